The van der Waals surface area contributed by atoms with E-state index in [1.807, 2.05) is 25.1 Å². The van der Waals surface area contributed by atoms with Gasteiger partial charge in [0, 0.05) is 57.0 Å². The van der Waals surface area contributed by atoms with Crippen molar-refractivity contribution in [2.75, 3.05) is 62.6 Å². The van der Waals surface area contributed by atoms with Gasteiger partial charge in [0.25, 0.3) is 12.3 Å². The Kier molecular flexibility index (Phi) is 12.1. The minimum Gasteiger partial charge on any atom is -0.374 e. The van der Waals surface area contributed by atoms with Crippen LogP contribution in [0.2, 0.25) is 0 Å². The molecule has 2 bridgehead atoms. The summed E-state index contributed by atoms with van der Waals surface area (Å²) in [5.74, 6) is -0.203. The highest BCUT2D eigenvalue weighted by atomic mass is 19.3. The van der Waals surface area contributed by atoms with Crippen molar-refractivity contribution in [3.63, 3.8) is 0 Å². The molecule has 61 heavy (non-hydrogen) atoms. The Hall–Kier alpha value is -5.33. The Morgan fingerprint density at radius 3 is 2.59 bits per heavy atom. The number of hydrogen-bond acceptors (Lipinski definition) is 12. The van der Waals surface area contributed by atoms with Crippen LogP contribution in [0.4, 0.5) is 20.3 Å². The molecule has 0 spiro atoms. The molecule has 4 aliphatic rings. The van der Waals surface area contributed by atoms with Gasteiger partial charge in [0.2, 0.25) is 12.3 Å². The molecule has 3 aliphatic heterocycles. The van der Waals surface area contributed by atoms with E-state index in [2.05, 4.69) is 46.8 Å². The van der Waals surface area contributed by atoms with E-state index >= 15 is 0 Å². The monoisotopic (exact) mass is 841 g/mol. The fourth-order valence-electron chi connectivity index (χ4n) is 9.87. The number of hydrogen-bond donors (Lipinski definition) is 2. The second-order valence-electron chi connectivity index (χ2n) is 17.0. The lowest BCUT2D eigenvalue weighted by atomic mass is 9.85. The zero-order valence-corrected chi connectivity index (χ0v) is 34.4. The second-order valence-corrected chi connectivity index (χ2v) is 17.0. The lowest BCUT2D eigenvalue weighted by Crippen LogP contribution is -2.48. The number of aryl methyl sites for hydroxylation is 1. The van der Waals surface area contributed by atoms with E-state index in [1.165, 1.54) is 10.7 Å². The summed E-state index contributed by atoms with van der Waals surface area (Å²) in [6, 6.07) is 8.05. The SMILES string of the molecule is CCCC(C(=O)NC=O)c1noc2c(CCCN3CCN(CC4CCC(n5cc(NC(=O)c6cnn7ccc(N8CC9CC8CO9)nc67)c(C(F)F)n5)CC4)CC3)cccc12. The smallest absolute Gasteiger partial charge is 0.284 e. The molecule has 1 aromatic carbocycles. The summed E-state index contributed by atoms with van der Waals surface area (Å²) >= 11 is 0. The predicted molar refractivity (Wildman–Crippen MR) is 222 cm³/mol. The summed E-state index contributed by atoms with van der Waals surface area (Å²) in [7, 11) is 0. The molecule has 3 unspecified atom stereocenters. The number of fused-ring (bicyclic) bond motifs is 4. The van der Waals surface area contributed by atoms with Crippen LogP contribution in [0.1, 0.15) is 104 Å². The number of para-hydroxylation sites is 1. The lowest BCUT2D eigenvalue weighted by molar-refractivity contribution is -0.126. The van der Waals surface area contributed by atoms with Crippen LogP contribution in [-0.2, 0) is 20.7 Å². The summed E-state index contributed by atoms with van der Waals surface area (Å²) in [6.45, 7) is 9.36. The maximum atomic E-state index is 14.3. The zero-order valence-electron chi connectivity index (χ0n) is 34.4. The summed E-state index contributed by atoms with van der Waals surface area (Å²) in [5.41, 5.74) is 2.48. The fraction of sp³-hybridized carbons (Fsp3) is 0.558. The summed E-state index contributed by atoms with van der Waals surface area (Å²) in [4.78, 5) is 49.1. The Bertz CT molecular complexity index is 2350. The summed E-state index contributed by atoms with van der Waals surface area (Å²) < 4.78 is 43.2. The van der Waals surface area contributed by atoms with Crippen molar-refractivity contribution in [1.29, 1.82) is 0 Å². The van der Waals surface area contributed by atoms with Crippen molar-refractivity contribution < 1.29 is 32.4 Å². The van der Waals surface area contributed by atoms with Crippen LogP contribution in [-0.4, -0.2) is 122 Å². The maximum Gasteiger partial charge on any atom is 0.284 e. The Morgan fingerprint density at radius 2 is 1.85 bits per heavy atom. The van der Waals surface area contributed by atoms with Crippen LogP contribution >= 0.6 is 0 Å². The number of nitrogens with one attached hydrogen (secondary N) is 2. The molecular formula is C43H53F2N11O5. The van der Waals surface area contributed by atoms with Gasteiger partial charge in [-0.3, -0.25) is 24.4 Å². The third kappa shape index (κ3) is 8.62. The fourth-order valence-corrected chi connectivity index (χ4v) is 9.87. The summed E-state index contributed by atoms with van der Waals surface area (Å²) in [6.07, 6.45) is 10.2. The third-order valence-electron chi connectivity index (χ3n) is 13.1. The Labute approximate surface area is 351 Å². The van der Waals surface area contributed by atoms with Crippen molar-refractivity contribution in [2.45, 2.75) is 95.2 Å². The number of alkyl halides is 2. The van der Waals surface area contributed by atoms with E-state index < -0.39 is 23.9 Å². The molecule has 18 heteroatoms. The van der Waals surface area contributed by atoms with Crippen molar-refractivity contribution >= 4 is 46.3 Å². The Morgan fingerprint density at radius 1 is 1.03 bits per heavy atom. The van der Waals surface area contributed by atoms with Gasteiger partial charge in [-0.15, -0.1) is 0 Å². The average molecular weight is 842 g/mol. The topological polar surface area (TPSA) is 168 Å². The van der Waals surface area contributed by atoms with Crippen molar-refractivity contribution in [2.24, 2.45) is 5.92 Å². The van der Waals surface area contributed by atoms with Crippen molar-refractivity contribution in [3.05, 3.63) is 65.4 Å². The van der Waals surface area contributed by atoms with E-state index in [4.69, 9.17) is 14.2 Å². The number of amides is 3. The molecule has 16 nitrogen and oxygen atoms in total. The molecule has 324 valence electrons. The summed E-state index contributed by atoms with van der Waals surface area (Å²) in [5, 5.41) is 18.7. The number of rotatable bonds is 16. The van der Waals surface area contributed by atoms with Crippen LogP contribution < -0.4 is 15.5 Å². The van der Waals surface area contributed by atoms with Gasteiger partial charge in [0.05, 0.1) is 42.6 Å². The molecule has 7 heterocycles. The number of halogens is 2. The van der Waals surface area contributed by atoms with E-state index in [0.29, 0.717) is 42.3 Å². The van der Waals surface area contributed by atoms with Gasteiger partial charge in [-0.1, -0.05) is 30.6 Å². The van der Waals surface area contributed by atoms with Crippen LogP contribution in [0.5, 0.6) is 0 Å². The molecule has 1 aliphatic carbocycles. The van der Waals surface area contributed by atoms with Gasteiger partial charge in [0.1, 0.15) is 17.1 Å². The highest BCUT2D eigenvalue weighted by molar-refractivity contribution is 6.08. The zero-order chi connectivity index (χ0) is 42.0. The molecule has 0 radical (unpaired) electrons. The molecule has 9 rings (SSSR count). The number of benzene rings is 1. The molecule has 3 saturated heterocycles. The quantitative estimate of drug-likeness (QED) is 0.122. The van der Waals surface area contributed by atoms with E-state index in [9.17, 15) is 23.2 Å². The van der Waals surface area contributed by atoms with Crippen LogP contribution in [0.15, 0.2) is 47.4 Å². The third-order valence-corrected chi connectivity index (χ3v) is 13.1. The van der Waals surface area contributed by atoms with Gasteiger partial charge in [0.15, 0.2) is 16.9 Å². The van der Waals surface area contributed by atoms with Gasteiger partial charge >= 0.3 is 0 Å². The first-order chi connectivity index (χ1) is 29.8. The second kappa shape index (κ2) is 17.9. The number of imide groups is 1. The van der Waals surface area contributed by atoms with Gasteiger partial charge in [-0.05, 0) is 81.5 Å². The predicted octanol–water partition coefficient (Wildman–Crippen LogP) is 5.37. The molecule has 2 N–H and O–H groups in total. The normalized spacial score (nSPS) is 22.7. The first-order valence-corrected chi connectivity index (χ1v) is 21.7. The number of anilines is 2. The largest absolute Gasteiger partial charge is 0.374 e. The maximum absolute atomic E-state index is 14.3. The number of aromatic nitrogens is 6. The minimum absolute atomic E-state index is 0.00656. The average Bonchev–Trinajstić information content (AvgIpc) is 4.13. The molecule has 5 aromatic rings. The first-order valence-electron chi connectivity index (χ1n) is 21.7. The van der Waals surface area contributed by atoms with Crippen molar-refractivity contribution in [1.82, 2.24) is 44.7 Å². The van der Waals surface area contributed by atoms with E-state index in [1.54, 1.807) is 17.1 Å². The Balaban J connectivity index is 0.739. The number of morpholine rings is 1. The number of carbonyl (C=O) groups excluding carboxylic acids is 3. The standard InChI is InChI=1S/C43H53F2N11O5/c1-2-5-33(42(58)46-26-57)37-32-8-3-6-28(39(32)61-51-37)7-4-14-52-16-18-53(19-17-52)22-27-9-11-29(12-10-27)56-24-35(38(50-56)40(44)45)48-43(59)34-21-47-55-15-13-36(49-41(34)55)54-23-31-20-30(54)25-60-31/h3,6,8,13,15,21,24,26-27,29-31,33,40H,2,4-5,7,9-12,14,16-20,22-23,25H2,1H3,(H,48,59)(H,46,57,58). The van der Waals surface area contributed by atoms with Gasteiger partial charge < -0.3 is 29.3 Å². The highest BCUT2D eigenvalue weighted by Crippen LogP contribution is 2.37. The van der Waals surface area contributed by atoms with E-state index in [0.717, 1.165) is 114 Å². The molecule has 1 saturated carbocycles. The van der Waals surface area contributed by atoms with Gasteiger partial charge in [-0.25, -0.2) is 18.3 Å². The van der Waals surface area contributed by atoms with Crippen molar-refractivity contribution in [3.8, 4) is 0 Å². The first kappa shape index (κ1) is 41.0. The van der Waals surface area contributed by atoms with Crippen LogP contribution in [0, 0.1) is 5.92 Å². The number of ether oxygens (including phenoxy) is 1. The van der Waals surface area contributed by atoms with Crippen LogP contribution in [0.3, 0.4) is 0 Å². The molecule has 4 aromatic heterocycles. The number of carbonyl (C=O) groups is 3. The van der Waals surface area contributed by atoms with E-state index in [-0.39, 0.29) is 35.3 Å². The minimum atomic E-state index is -2.85. The molecule has 3 atom stereocenters. The van der Waals surface area contributed by atoms with Crippen LogP contribution in [0.25, 0.3) is 16.6 Å². The molecule has 3 amide bonds. The number of nitrogens with zero attached hydrogens (tertiary/aromatic N) is 9. The number of piperazine rings is 1. The lowest BCUT2D eigenvalue weighted by Gasteiger charge is -2.38. The highest BCUT2D eigenvalue weighted by Gasteiger charge is 2.40. The van der Waals surface area contributed by atoms with Gasteiger partial charge in [-0.2, -0.15) is 10.2 Å². The molecular weight excluding hydrogens is 789 g/mol. The molecule has 4 fully saturated rings.